The lowest BCUT2D eigenvalue weighted by Gasteiger charge is -2.11. The molecule has 0 aliphatic carbocycles. The highest BCUT2D eigenvalue weighted by Gasteiger charge is 1.95. The third-order valence-electron chi connectivity index (χ3n) is 2.01. The molecule has 0 bridgehead atoms. The molecule has 1 heterocycles. The predicted octanol–water partition coefficient (Wildman–Crippen LogP) is 1.01. The van der Waals surface area contributed by atoms with E-state index in [1.165, 1.54) is 0 Å². The van der Waals surface area contributed by atoms with Crippen LogP contribution >= 0.6 is 0 Å². The standard InChI is InChI=1S/C12H18N4/c1-9(13)6-15-11(3)16-8-12-5-4-10(2)14-7-12/h4-5,7,15-16H,1,3,6,8,13H2,2H3. The molecular weight excluding hydrogens is 200 g/mol. The molecule has 4 nitrogen and oxygen atoms in total. The molecule has 0 spiro atoms. The summed E-state index contributed by atoms with van der Waals surface area (Å²) in [4.78, 5) is 4.21. The first kappa shape index (κ1) is 12.1. The van der Waals surface area contributed by atoms with Crippen molar-refractivity contribution in [3.8, 4) is 0 Å². The van der Waals surface area contributed by atoms with Crippen LogP contribution in [-0.2, 0) is 6.54 Å². The largest absolute Gasteiger partial charge is 0.401 e. The molecule has 0 atom stereocenters. The third-order valence-corrected chi connectivity index (χ3v) is 2.01. The van der Waals surface area contributed by atoms with Gasteiger partial charge >= 0.3 is 0 Å². The molecule has 1 aromatic rings. The number of aromatic nitrogens is 1. The molecule has 16 heavy (non-hydrogen) atoms. The minimum absolute atomic E-state index is 0.526. The average molecular weight is 218 g/mol. The smallest absolute Gasteiger partial charge is 0.0918 e. The SMILES string of the molecule is C=C(N)CNC(=C)NCc1ccc(C)nc1. The van der Waals surface area contributed by atoms with Gasteiger partial charge in [0.25, 0.3) is 0 Å². The molecule has 0 fully saturated rings. The van der Waals surface area contributed by atoms with Gasteiger partial charge < -0.3 is 16.4 Å². The van der Waals surface area contributed by atoms with E-state index in [0.717, 1.165) is 17.1 Å². The zero-order valence-corrected chi connectivity index (χ0v) is 9.59. The maximum atomic E-state index is 5.43. The van der Waals surface area contributed by atoms with E-state index in [0.29, 0.717) is 18.8 Å². The number of rotatable bonds is 6. The van der Waals surface area contributed by atoms with Crippen LogP contribution in [0.5, 0.6) is 0 Å². The Bertz CT molecular complexity index is 367. The summed E-state index contributed by atoms with van der Waals surface area (Å²) in [5.41, 5.74) is 8.14. The first-order valence-electron chi connectivity index (χ1n) is 5.09. The molecule has 0 saturated carbocycles. The second-order valence-electron chi connectivity index (χ2n) is 3.65. The van der Waals surface area contributed by atoms with E-state index in [2.05, 4.69) is 28.8 Å². The van der Waals surface area contributed by atoms with Gasteiger partial charge in [-0.15, -0.1) is 0 Å². The van der Waals surface area contributed by atoms with Gasteiger partial charge in [0.1, 0.15) is 0 Å². The van der Waals surface area contributed by atoms with Crippen LogP contribution in [0, 0.1) is 6.92 Å². The number of nitrogens with two attached hydrogens (primary N) is 1. The zero-order valence-electron chi connectivity index (χ0n) is 9.59. The molecule has 4 N–H and O–H groups in total. The van der Waals surface area contributed by atoms with Crippen molar-refractivity contribution in [3.63, 3.8) is 0 Å². The second kappa shape index (κ2) is 5.80. The minimum atomic E-state index is 0.526. The molecule has 0 saturated heterocycles. The summed E-state index contributed by atoms with van der Waals surface area (Å²) in [7, 11) is 0. The second-order valence-corrected chi connectivity index (χ2v) is 3.65. The van der Waals surface area contributed by atoms with Crippen molar-refractivity contribution in [1.82, 2.24) is 15.6 Å². The third kappa shape index (κ3) is 4.50. The summed E-state index contributed by atoms with van der Waals surface area (Å²) in [6.45, 7) is 10.6. The highest BCUT2D eigenvalue weighted by Crippen LogP contribution is 1.99. The summed E-state index contributed by atoms with van der Waals surface area (Å²) >= 11 is 0. The number of nitrogens with one attached hydrogen (secondary N) is 2. The lowest BCUT2D eigenvalue weighted by Crippen LogP contribution is -2.28. The lowest BCUT2D eigenvalue weighted by molar-refractivity contribution is 0.707. The molecule has 0 amide bonds. The summed E-state index contributed by atoms with van der Waals surface area (Å²) in [6, 6.07) is 4.01. The fourth-order valence-corrected chi connectivity index (χ4v) is 1.09. The Morgan fingerprint density at radius 1 is 1.38 bits per heavy atom. The highest BCUT2D eigenvalue weighted by atomic mass is 15.1. The molecule has 1 aromatic heterocycles. The van der Waals surface area contributed by atoms with E-state index in [4.69, 9.17) is 5.73 Å². The molecule has 86 valence electrons. The Balaban J connectivity index is 2.31. The van der Waals surface area contributed by atoms with E-state index in [1.54, 1.807) is 0 Å². The van der Waals surface area contributed by atoms with Crippen LogP contribution in [0.3, 0.4) is 0 Å². The van der Waals surface area contributed by atoms with E-state index < -0.39 is 0 Å². The van der Waals surface area contributed by atoms with Crippen LogP contribution in [0.25, 0.3) is 0 Å². The molecule has 0 aliphatic rings. The molecule has 0 aromatic carbocycles. The molecular formula is C12H18N4. The molecule has 4 heteroatoms. The summed E-state index contributed by atoms with van der Waals surface area (Å²) in [5.74, 6) is 0.729. The van der Waals surface area contributed by atoms with Crippen molar-refractivity contribution in [2.75, 3.05) is 6.54 Å². The van der Waals surface area contributed by atoms with Crippen molar-refractivity contribution in [3.05, 3.63) is 54.3 Å². The monoisotopic (exact) mass is 218 g/mol. The number of nitrogens with zero attached hydrogens (tertiary/aromatic N) is 1. The van der Waals surface area contributed by atoms with Gasteiger partial charge in [-0.2, -0.15) is 0 Å². The number of aryl methyl sites for hydroxylation is 1. The van der Waals surface area contributed by atoms with E-state index in [-0.39, 0.29) is 0 Å². The van der Waals surface area contributed by atoms with Crippen LogP contribution in [0.4, 0.5) is 0 Å². The maximum absolute atomic E-state index is 5.43. The Labute approximate surface area is 96.3 Å². The van der Waals surface area contributed by atoms with Crippen molar-refractivity contribution >= 4 is 0 Å². The van der Waals surface area contributed by atoms with Crippen LogP contribution in [-0.4, -0.2) is 11.5 Å². The number of pyridine rings is 1. The van der Waals surface area contributed by atoms with E-state index in [9.17, 15) is 0 Å². The molecule has 0 radical (unpaired) electrons. The van der Waals surface area contributed by atoms with Gasteiger partial charge in [0.2, 0.25) is 0 Å². The molecule has 0 aliphatic heterocycles. The fraction of sp³-hybridized carbons (Fsp3) is 0.250. The Morgan fingerprint density at radius 3 is 2.69 bits per heavy atom. The van der Waals surface area contributed by atoms with Crippen molar-refractivity contribution in [1.29, 1.82) is 0 Å². The van der Waals surface area contributed by atoms with Crippen LogP contribution in [0.2, 0.25) is 0 Å². The maximum Gasteiger partial charge on any atom is 0.0918 e. The zero-order chi connectivity index (χ0) is 12.0. The number of hydrogen-bond acceptors (Lipinski definition) is 4. The average Bonchev–Trinajstić information content (AvgIpc) is 2.25. The first-order valence-corrected chi connectivity index (χ1v) is 5.09. The van der Waals surface area contributed by atoms with Crippen molar-refractivity contribution in [2.45, 2.75) is 13.5 Å². The first-order chi connectivity index (χ1) is 7.58. The fourth-order valence-electron chi connectivity index (χ4n) is 1.09. The van der Waals surface area contributed by atoms with Gasteiger partial charge in [-0.1, -0.05) is 19.2 Å². The predicted molar refractivity (Wildman–Crippen MR) is 66.3 cm³/mol. The normalized spacial score (nSPS) is 9.56. The molecule has 1 rings (SSSR count). The summed E-state index contributed by atoms with van der Waals surface area (Å²) in [6.07, 6.45) is 1.84. The Kier molecular flexibility index (Phi) is 4.39. The van der Waals surface area contributed by atoms with Crippen LogP contribution in [0.1, 0.15) is 11.3 Å². The lowest BCUT2D eigenvalue weighted by atomic mass is 10.2. The van der Waals surface area contributed by atoms with Gasteiger partial charge in [0.05, 0.1) is 12.4 Å². The van der Waals surface area contributed by atoms with Crippen LogP contribution < -0.4 is 16.4 Å². The van der Waals surface area contributed by atoms with Crippen molar-refractivity contribution in [2.24, 2.45) is 5.73 Å². The van der Waals surface area contributed by atoms with Gasteiger partial charge in [0, 0.05) is 24.1 Å². The quantitative estimate of drug-likeness (QED) is 0.667. The van der Waals surface area contributed by atoms with Gasteiger partial charge in [0.15, 0.2) is 0 Å². The van der Waals surface area contributed by atoms with Gasteiger partial charge in [-0.05, 0) is 18.6 Å². The summed E-state index contributed by atoms with van der Waals surface area (Å²) in [5, 5.41) is 6.14. The van der Waals surface area contributed by atoms with E-state index >= 15 is 0 Å². The van der Waals surface area contributed by atoms with Gasteiger partial charge in [-0.3, -0.25) is 4.98 Å². The summed E-state index contributed by atoms with van der Waals surface area (Å²) < 4.78 is 0. The van der Waals surface area contributed by atoms with Crippen molar-refractivity contribution < 1.29 is 0 Å². The molecule has 0 unspecified atom stereocenters. The van der Waals surface area contributed by atoms with Gasteiger partial charge in [-0.25, -0.2) is 0 Å². The highest BCUT2D eigenvalue weighted by molar-refractivity contribution is 5.13. The van der Waals surface area contributed by atoms with E-state index in [1.807, 2.05) is 25.3 Å². The Hall–Kier alpha value is -1.97. The van der Waals surface area contributed by atoms with Crippen LogP contribution in [0.15, 0.2) is 43.0 Å². The number of hydrogen-bond donors (Lipinski definition) is 3. The topological polar surface area (TPSA) is 63.0 Å². The Morgan fingerprint density at radius 2 is 2.12 bits per heavy atom. The minimum Gasteiger partial charge on any atom is -0.401 e.